The van der Waals surface area contributed by atoms with Crippen LogP contribution in [-0.2, 0) is 30.6 Å². The van der Waals surface area contributed by atoms with Gasteiger partial charge in [-0.25, -0.2) is 4.99 Å². The number of carbonyl (C=O) groups is 1. The highest BCUT2D eigenvalue weighted by Crippen LogP contribution is 2.28. The van der Waals surface area contributed by atoms with Crippen LogP contribution in [0.2, 0.25) is 0 Å². The minimum atomic E-state index is 0. The molecule has 0 atom stereocenters. The molecular formula is C23H34IN5O2. The van der Waals surface area contributed by atoms with Crippen molar-refractivity contribution in [3.8, 4) is 0 Å². The summed E-state index contributed by atoms with van der Waals surface area (Å²) in [5.74, 6) is 1.85. The number of para-hydroxylation sites is 1. The minimum absolute atomic E-state index is 0. The van der Waals surface area contributed by atoms with Crippen LogP contribution in [-0.4, -0.2) is 36.7 Å². The zero-order chi connectivity index (χ0) is 21.3. The highest BCUT2D eigenvalue weighted by Gasteiger charge is 2.23. The summed E-state index contributed by atoms with van der Waals surface area (Å²) in [6, 6.07) is 8.17. The van der Waals surface area contributed by atoms with Crippen LogP contribution in [0.4, 0.5) is 5.69 Å². The van der Waals surface area contributed by atoms with E-state index in [-0.39, 0.29) is 29.9 Å². The Morgan fingerprint density at radius 2 is 2.00 bits per heavy atom. The molecule has 0 fully saturated rings. The number of carbonyl (C=O) groups excluding carboxylic acids is 1. The Labute approximate surface area is 202 Å². The smallest absolute Gasteiger partial charge is 0.227 e. The van der Waals surface area contributed by atoms with Crippen LogP contribution in [0.25, 0.3) is 0 Å². The van der Waals surface area contributed by atoms with E-state index in [0.717, 1.165) is 67.4 Å². The van der Waals surface area contributed by atoms with E-state index in [1.54, 1.807) is 0 Å². The number of hydrogen-bond acceptors (Lipinski definition) is 4. The average Bonchev–Trinajstić information content (AvgIpc) is 3.38. The Bertz CT molecular complexity index is 859. The molecular weight excluding hydrogens is 505 g/mol. The van der Waals surface area contributed by atoms with Crippen molar-refractivity contribution in [2.24, 2.45) is 4.99 Å². The van der Waals surface area contributed by atoms with Gasteiger partial charge < -0.3 is 20.1 Å². The second-order valence-electron chi connectivity index (χ2n) is 7.39. The molecule has 8 heteroatoms. The maximum atomic E-state index is 12.6. The molecule has 2 aromatic rings. The Kier molecular flexibility index (Phi) is 10.3. The molecule has 0 bridgehead atoms. The van der Waals surface area contributed by atoms with Gasteiger partial charge in [0.15, 0.2) is 5.96 Å². The molecule has 0 radical (unpaired) electrons. The monoisotopic (exact) mass is 539 g/mol. The number of fused-ring (bicyclic) bond motifs is 1. The van der Waals surface area contributed by atoms with Gasteiger partial charge >= 0.3 is 0 Å². The molecule has 1 aromatic heterocycles. The van der Waals surface area contributed by atoms with Crippen LogP contribution < -0.4 is 15.5 Å². The maximum Gasteiger partial charge on any atom is 0.227 e. The number of nitrogens with one attached hydrogen (secondary N) is 2. The van der Waals surface area contributed by atoms with Gasteiger partial charge in [-0.1, -0.05) is 37.2 Å². The zero-order valence-electron chi connectivity index (χ0n) is 18.7. The number of amides is 1. The van der Waals surface area contributed by atoms with E-state index < -0.39 is 0 Å². The molecule has 1 amide bonds. The van der Waals surface area contributed by atoms with Gasteiger partial charge in [0, 0.05) is 43.7 Å². The summed E-state index contributed by atoms with van der Waals surface area (Å²) in [6.45, 7) is 8.97. The van der Waals surface area contributed by atoms with E-state index >= 15 is 0 Å². The summed E-state index contributed by atoms with van der Waals surface area (Å²) in [4.78, 5) is 19.2. The molecule has 2 N–H and O–H groups in total. The Balaban J connectivity index is 0.00000341. The van der Waals surface area contributed by atoms with Crippen molar-refractivity contribution in [1.29, 1.82) is 0 Å². The van der Waals surface area contributed by atoms with Gasteiger partial charge in [0.25, 0.3) is 0 Å². The van der Waals surface area contributed by atoms with Crippen LogP contribution >= 0.6 is 24.0 Å². The van der Waals surface area contributed by atoms with E-state index in [1.165, 1.54) is 5.56 Å². The molecule has 0 saturated heterocycles. The molecule has 31 heavy (non-hydrogen) atoms. The first kappa shape index (κ1) is 25.2. The van der Waals surface area contributed by atoms with Crippen LogP contribution in [0.1, 0.15) is 56.2 Å². The largest absolute Gasteiger partial charge is 0.361 e. The lowest BCUT2D eigenvalue weighted by atomic mass is 10.1. The summed E-state index contributed by atoms with van der Waals surface area (Å²) in [5, 5.41) is 10.8. The van der Waals surface area contributed by atoms with Gasteiger partial charge in [-0.05, 0) is 37.8 Å². The second-order valence-corrected chi connectivity index (χ2v) is 7.39. The van der Waals surface area contributed by atoms with Gasteiger partial charge in [-0.2, -0.15) is 0 Å². The summed E-state index contributed by atoms with van der Waals surface area (Å²) >= 11 is 0. The summed E-state index contributed by atoms with van der Waals surface area (Å²) in [6.07, 6.45) is 3.87. The topological polar surface area (TPSA) is 82.8 Å². The van der Waals surface area contributed by atoms with E-state index in [1.807, 2.05) is 30.0 Å². The number of nitrogens with zero attached hydrogens (tertiary/aromatic N) is 3. The Hall–Kier alpha value is -2.10. The van der Waals surface area contributed by atoms with Crippen molar-refractivity contribution < 1.29 is 9.32 Å². The van der Waals surface area contributed by atoms with Crippen LogP contribution in [0.15, 0.2) is 33.8 Å². The number of anilines is 1. The Morgan fingerprint density at radius 1 is 1.19 bits per heavy atom. The molecule has 1 aliphatic heterocycles. The van der Waals surface area contributed by atoms with Crippen LogP contribution in [0.5, 0.6) is 0 Å². The van der Waals surface area contributed by atoms with Crippen molar-refractivity contribution >= 4 is 41.5 Å². The van der Waals surface area contributed by atoms with Crippen molar-refractivity contribution in [3.63, 3.8) is 0 Å². The normalized spacial score (nSPS) is 13.0. The highest BCUT2D eigenvalue weighted by molar-refractivity contribution is 14.0. The lowest BCUT2D eigenvalue weighted by Gasteiger charge is -2.17. The molecule has 0 unspecified atom stereocenters. The molecule has 3 rings (SSSR count). The number of hydrogen-bond donors (Lipinski definition) is 2. The van der Waals surface area contributed by atoms with E-state index in [0.29, 0.717) is 19.5 Å². The first-order chi connectivity index (χ1) is 14.7. The number of aromatic nitrogens is 1. The summed E-state index contributed by atoms with van der Waals surface area (Å²) in [7, 11) is 0. The summed E-state index contributed by atoms with van der Waals surface area (Å²) < 4.78 is 5.42. The van der Waals surface area contributed by atoms with Crippen molar-refractivity contribution in [2.45, 2.75) is 59.4 Å². The number of guanidine groups is 1. The molecule has 1 aliphatic rings. The lowest BCUT2D eigenvalue weighted by Crippen LogP contribution is -2.38. The van der Waals surface area contributed by atoms with E-state index in [9.17, 15) is 4.79 Å². The number of aryl methyl sites for hydroxylation is 2. The fourth-order valence-corrected chi connectivity index (χ4v) is 3.80. The number of benzene rings is 1. The zero-order valence-corrected chi connectivity index (χ0v) is 21.1. The molecule has 2 heterocycles. The molecule has 1 aromatic carbocycles. The van der Waals surface area contributed by atoms with E-state index in [4.69, 9.17) is 9.52 Å². The van der Waals surface area contributed by atoms with Gasteiger partial charge in [0.2, 0.25) is 5.91 Å². The maximum absolute atomic E-state index is 12.6. The highest BCUT2D eigenvalue weighted by atomic mass is 127. The predicted molar refractivity (Wildman–Crippen MR) is 135 cm³/mol. The van der Waals surface area contributed by atoms with Gasteiger partial charge in [-0.3, -0.25) is 4.79 Å². The van der Waals surface area contributed by atoms with Crippen molar-refractivity contribution in [2.75, 3.05) is 24.5 Å². The SMILES string of the molecule is CCNC(=NCc1c(CC)noc1CC)NCCCC(=O)N1CCc2ccccc21.I. The Morgan fingerprint density at radius 3 is 2.74 bits per heavy atom. The van der Waals surface area contributed by atoms with Gasteiger partial charge in [0.05, 0.1) is 12.2 Å². The fourth-order valence-electron chi connectivity index (χ4n) is 3.80. The lowest BCUT2D eigenvalue weighted by molar-refractivity contribution is -0.118. The first-order valence-electron chi connectivity index (χ1n) is 11.0. The third kappa shape index (κ3) is 6.44. The molecule has 0 aliphatic carbocycles. The molecule has 0 spiro atoms. The summed E-state index contributed by atoms with van der Waals surface area (Å²) in [5.41, 5.74) is 4.39. The first-order valence-corrected chi connectivity index (χ1v) is 11.0. The van der Waals surface area contributed by atoms with Crippen LogP contribution in [0, 0.1) is 0 Å². The quantitative estimate of drug-likeness (QED) is 0.219. The fraction of sp³-hybridized carbons (Fsp3) is 0.522. The van der Waals surface area contributed by atoms with Crippen molar-refractivity contribution in [1.82, 2.24) is 15.8 Å². The second kappa shape index (κ2) is 12.7. The van der Waals surface area contributed by atoms with Crippen molar-refractivity contribution in [3.05, 3.63) is 46.8 Å². The number of halogens is 1. The third-order valence-electron chi connectivity index (χ3n) is 5.39. The predicted octanol–water partition coefficient (Wildman–Crippen LogP) is 3.84. The number of rotatable bonds is 9. The van der Waals surface area contributed by atoms with Crippen LogP contribution in [0.3, 0.4) is 0 Å². The standard InChI is InChI=1S/C23H33N5O2.HI/c1-4-19-18(21(5-2)30-27-19)16-26-23(24-6-3)25-14-9-12-22(29)28-15-13-17-10-7-8-11-20(17)28;/h7-8,10-11H,4-6,9,12-16H2,1-3H3,(H2,24,25,26);1H. The third-order valence-corrected chi connectivity index (χ3v) is 5.39. The van der Waals surface area contributed by atoms with Gasteiger partial charge in [-0.15, -0.1) is 24.0 Å². The van der Waals surface area contributed by atoms with Gasteiger partial charge in [0.1, 0.15) is 5.76 Å². The molecule has 0 saturated carbocycles. The minimum Gasteiger partial charge on any atom is -0.361 e. The average molecular weight is 539 g/mol. The number of aliphatic imine (C=N–C) groups is 1. The molecule has 7 nitrogen and oxygen atoms in total. The van der Waals surface area contributed by atoms with E-state index in [2.05, 4.69) is 35.7 Å². The molecule has 170 valence electrons.